The van der Waals surface area contributed by atoms with Gasteiger partial charge in [-0.05, 0) is 67.6 Å². The van der Waals surface area contributed by atoms with Crippen molar-refractivity contribution < 1.29 is 19.0 Å². The second-order valence-corrected chi connectivity index (χ2v) is 9.25. The predicted octanol–water partition coefficient (Wildman–Crippen LogP) is 4.89. The van der Waals surface area contributed by atoms with Crippen LogP contribution < -0.4 is 19.5 Å². The van der Waals surface area contributed by atoms with Crippen LogP contribution in [0.4, 0.5) is 0 Å². The molecule has 0 aliphatic carbocycles. The molecular weight excluding hydrogens is 428 g/mol. The van der Waals surface area contributed by atoms with Crippen molar-refractivity contribution in [3.63, 3.8) is 0 Å². The van der Waals surface area contributed by atoms with Crippen LogP contribution in [-0.2, 0) is 10.2 Å². The Balaban J connectivity index is 1.90. The zero-order valence-electron chi connectivity index (χ0n) is 20.8. The number of carbonyl (C=O) groups excluding carboxylic acids is 1. The third-order valence-corrected chi connectivity index (χ3v) is 7.14. The molecule has 4 rings (SSSR count). The number of rotatable bonds is 11. The summed E-state index contributed by atoms with van der Waals surface area (Å²) in [6.07, 6.45) is 6.07. The molecule has 1 amide bonds. The first-order chi connectivity index (χ1) is 16.6. The average Bonchev–Trinajstić information content (AvgIpc) is 3.57. The summed E-state index contributed by atoms with van der Waals surface area (Å²) in [5.41, 5.74) is 1.06. The molecule has 0 saturated carbocycles. The number of nitrogens with zero attached hydrogens (tertiary/aromatic N) is 1. The van der Waals surface area contributed by atoms with E-state index in [4.69, 9.17) is 14.2 Å². The Bertz CT molecular complexity index is 947. The van der Waals surface area contributed by atoms with Gasteiger partial charge in [0, 0.05) is 19.1 Å². The highest BCUT2D eigenvalue weighted by molar-refractivity contribution is 5.93. The SMILES string of the molecule is CCCCN(CCCC)C(=O)C(c1ccc(OC)cc1)(c1ccc2c(c1)OCO2)C1CCCN1. The van der Waals surface area contributed by atoms with Gasteiger partial charge in [0.2, 0.25) is 12.7 Å². The monoisotopic (exact) mass is 466 g/mol. The average molecular weight is 467 g/mol. The van der Waals surface area contributed by atoms with E-state index in [-0.39, 0.29) is 18.7 Å². The van der Waals surface area contributed by atoms with Crippen LogP contribution in [-0.4, -0.2) is 50.4 Å². The first-order valence-corrected chi connectivity index (χ1v) is 12.7. The molecule has 2 aromatic carbocycles. The number of nitrogens with one attached hydrogen (secondary N) is 1. The lowest BCUT2D eigenvalue weighted by molar-refractivity contribution is -0.137. The van der Waals surface area contributed by atoms with Crippen LogP contribution in [0.25, 0.3) is 0 Å². The number of unbranched alkanes of at least 4 members (excludes halogenated alkanes) is 2. The third-order valence-electron chi connectivity index (χ3n) is 7.14. The Morgan fingerprint density at radius 1 is 1.03 bits per heavy atom. The Labute approximate surface area is 203 Å². The third kappa shape index (κ3) is 4.61. The standard InChI is InChI=1S/C28H38N2O4/c1-4-6-17-30(18-7-5-2)27(31)28(26-9-8-16-29-26,21-10-13-23(32-3)14-11-21)22-12-15-24-25(19-22)34-20-33-24/h10-15,19,26,29H,4-9,16-18,20H2,1-3H3. The molecule has 2 heterocycles. The van der Waals surface area contributed by atoms with Crippen molar-refractivity contribution in [2.75, 3.05) is 33.5 Å². The number of benzene rings is 2. The van der Waals surface area contributed by atoms with Gasteiger partial charge >= 0.3 is 0 Å². The van der Waals surface area contributed by atoms with Crippen molar-refractivity contribution in [2.24, 2.45) is 0 Å². The lowest BCUT2D eigenvalue weighted by Gasteiger charge is -2.42. The number of ether oxygens (including phenoxy) is 3. The van der Waals surface area contributed by atoms with Gasteiger partial charge in [-0.25, -0.2) is 0 Å². The molecule has 2 aromatic rings. The fraction of sp³-hybridized carbons (Fsp3) is 0.536. The number of hydrogen-bond donors (Lipinski definition) is 1. The van der Waals surface area contributed by atoms with E-state index in [2.05, 4.69) is 36.2 Å². The van der Waals surface area contributed by atoms with Crippen LogP contribution in [0, 0.1) is 0 Å². The Kier molecular flexibility index (Phi) is 7.99. The van der Waals surface area contributed by atoms with E-state index >= 15 is 0 Å². The normalized spacial score (nSPS) is 18.5. The first kappa shape index (κ1) is 24.4. The molecule has 34 heavy (non-hydrogen) atoms. The van der Waals surface area contributed by atoms with Gasteiger partial charge in [0.25, 0.3) is 0 Å². The highest BCUT2D eigenvalue weighted by atomic mass is 16.7. The summed E-state index contributed by atoms with van der Waals surface area (Å²) in [5, 5.41) is 3.69. The van der Waals surface area contributed by atoms with Gasteiger partial charge in [0.15, 0.2) is 11.5 Å². The molecule has 1 N–H and O–H groups in total. The van der Waals surface area contributed by atoms with Gasteiger partial charge in [-0.15, -0.1) is 0 Å². The number of hydrogen-bond acceptors (Lipinski definition) is 5. The van der Waals surface area contributed by atoms with E-state index in [0.29, 0.717) is 5.75 Å². The highest BCUT2D eigenvalue weighted by Crippen LogP contribution is 2.45. The van der Waals surface area contributed by atoms with Gasteiger partial charge in [0.05, 0.1) is 7.11 Å². The molecular formula is C28H38N2O4. The van der Waals surface area contributed by atoms with Crippen molar-refractivity contribution in [3.05, 3.63) is 53.6 Å². The van der Waals surface area contributed by atoms with Crippen LogP contribution in [0.2, 0.25) is 0 Å². The lowest BCUT2D eigenvalue weighted by atomic mass is 9.67. The number of methoxy groups -OCH3 is 1. The Morgan fingerprint density at radius 2 is 1.71 bits per heavy atom. The quantitative estimate of drug-likeness (QED) is 0.511. The molecule has 1 saturated heterocycles. The van der Waals surface area contributed by atoms with E-state index in [1.54, 1.807) is 7.11 Å². The topological polar surface area (TPSA) is 60.0 Å². The minimum atomic E-state index is -0.870. The van der Waals surface area contributed by atoms with E-state index in [1.807, 2.05) is 30.3 Å². The molecule has 6 heteroatoms. The van der Waals surface area contributed by atoms with E-state index < -0.39 is 5.41 Å². The van der Waals surface area contributed by atoms with E-state index in [0.717, 1.165) is 80.8 Å². The largest absolute Gasteiger partial charge is 0.497 e. The molecule has 2 aliphatic rings. The molecule has 0 spiro atoms. The second kappa shape index (κ2) is 11.1. The maximum absolute atomic E-state index is 14.8. The summed E-state index contributed by atoms with van der Waals surface area (Å²) in [6.45, 7) is 7.01. The predicted molar refractivity (Wildman–Crippen MR) is 134 cm³/mol. The molecule has 184 valence electrons. The number of fused-ring (bicyclic) bond motifs is 1. The minimum Gasteiger partial charge on any atom is -0.497 e. The second-order valence-electron chi connectivity index (χ2n) is 9.25. The summed E-state index contributed by atoms with van der Waals surface area (Å²) in [7, 11) is 1.67. The van der Waals surface area contributed by atoms with Crippen molar-refractivity contribution in [3.8, 4) is 17.2 Å². The van der Waals surface area contributed by atoms with Crippen LogP contribution in [0.3, 0.4) is 0 Å². The Hall–Kier alpha value is -2.73. The van der Waals surface area contributed by atoms with Gasteiger partial charge in [0.1, 0.15) is 11.2 Å². The van der Waals surface area contributed by atoms with Crippen molar-refractivity contribution in [1.29, 1.82) is 0 Å². The molecule has 1 fully saturated rings. The first-order valence-electron chi connectivity index (χ1n) is 12.7. The van der Waals surface area contributed by atoms with Gasteiger partial charge in [-0.2, -0.15) is 0 Å². The zero-order valence-corrected chi connectivity index (χ0v) is 20.8. The summed E-state index contributed by atoms with van der Waals surface area (Å²) >= 11 is 0. The highest BCUT2D eigenvalue weighted by Gasteiger charge is 2.51. The lowest BCUT2D eigenvalue weighted by Crippen LogP contribution is -2.57. The number of amides is 1. The van der Waals surface area contributed by atoms with Gasteiger partial charge in [-0.3, -0.25) is 4.79 Å². The van der Waals surface area contributed by atoms with Gasteiger partial charge < -0.3 is 24.4 Å². The minimum absolute atomic E-state index is 0.0143. The summed E-state index contributed by atoms with van der Waals surface area (Å²) in [6, 6.07) is 14.0. The molecule has 0 aromatic heterocycles. The molecule has 0 bridgehead atoms. The fourth-order valence-electron chi connectivity index (χ4n) is 5.28. The summed E-state index contributed by atoms with van der Waals surface area (Å²) in [4.78, 5) is 16.9. The molecule has 0 radical (unpaired) electrons. The maximum Gasteiger partial charge on any atom is 0.239 e. The summed E-state index contributed by atoms with van der Waals surface area (Å²) < 4.78 is 16.8. The van der Waals surface area contributed by atoms with Crippen LogP contribution in [0.1, 0.15) is 63.5 Å². The van der Waals surface area contributed by atoms with Crippen LogP contribution in [0.5, 0.6) is 17.2 Å². The van der Waals surface area contributed by atoms with Crippen molar-refractivity contribution >= 4 is 5.91 Å². The fourth-order valence-corrected chi connectivity index (χ4v) is 5.28. The summed E-state index contributed by atoms with van der Waals surface area (Å²) in [5.74, 6) is 2.38. The van der Waals surface area contributed by atoms with E-state index in [9.17, 15) is 4.79 Å². The Morgan fingerprint density at radius 3 is 2.32 bits per heavy atom. The number of carbonyl (C=O) groups is 1. The zero-order chi connectivity index (χ0) is 24.0. The molecule has 2 atom stereocenters. The maximum atomic E-state index is 14.8. The molecule has 2 aliphatic heterocycles. The molecule has 6 nitrogen and oxygen atoms in total. The molecule has 2 unspecified atom stereocenters. The van der Waals surface area contributed by atoms with Crippen molar-refractivity contribution in [1.82, 2.24) is 10.2 Å². The van der Waals surface area contributed by atoms with Crippen LogP contribution in [0.15, 0.2) is 42.5 Å². The van der Waals surface area contributed by atoms with Crippen molar-refractivity contribution in [2.45, 2.75) is 63.8 Å². The van der Waals surface area contributed by atoms with E-state index in [1.165, 1.54) is 0 Å². The smallest absolute Gasteiger partial charge is 0.239 e. The van der Waals surface area contributed by atoms with Crippen LogP contribution >= 0.6 is 0 Å². The van der Waals surface area contributed by atoms with Gasteiger partial charge in [-0.1, -0.05) is 44.9 Å².